The number of hydrogen-bond donors (Lipinski definition) is 0. The van der Waals surface area contributed by atoms with Gasteiger partial charge in [0.25, 0.3) is 0 Å². The Hall–Kier alpha value is -0.390. The van der Waals surface area contributed by atoms with Gasteiger partial charge in [-0.1, -0.05) is 82.6 Å². The summed E-state index contributed by atoms with van der Waals surface area (Å²) in [5, 5.41) is 2.62. The van der Waals surface area contributed by atoms with Crippen LogP contribution in [0.1, 0.15) is 34.1 Å². The molecule has 0 radical (unpaired) electrons. The zero-order valence-corrected chi connectivity index (χ0v) is 16.8. The average molecular weight is 320 g/mol. The first kappa shape index (κ1) is 25.6. The summed E-state index contributed by atoms with van der Waals surface area (Å²) < 4.78 is 27.2. The van der Waals surface area contributed by atoms with Gasteiger partial charge in [0.15, 0.2) is 0 Å². The maximum atomic E-state index is 9.08. The Morgan fingerprint density at radius 3 is 1.14 bits per heavy atom. The second-order valence-electron chi connectivity index (χ2n) is 3.76. The molecule has 0 spiro atoms. The van der Waals surface area contributed by atoms with E-state index in [0.29, 0.717) is 6.26 Å². The van der Waals surface area contributed by atoms with Gasteiger partial charge >= 0.3 is 29.6 Å². The zero-order valence-electron chi connectivity index (χ0n) is 14.0. The topological polar surface area (TPSA) is 57.2 Å². The van der Waals surface area contributed by atoms with Gasteiger partial charge in [-0.25, -0.2) is 8.42 Å². The molecule has 0 saturated carbocycles. The minimum Gasteiger partial charge on any atom is -0.748 e. The molecule has 5 heteroatoms. The molecule has 2 aromatic rings. The first-order chi connectivity index (χ1) is 9.38. The first-order valence-electron chi connectivity index (χ1n) is 6.73. The molecular formula is C16H25NaO3S. The molecule has 21 heavy (non-hydrogen) atoms. The molecule has 0 amide bonds. The molecule has 2 rings (SSSR count). The number of rotatable bonds is 0. The second-order valence-corrected chi connectivity index (χ2v) is 5.17. The monoisotopic (exact) mass is 320 g/mol. The predicted octanol–water partition coefficient (Wildman–Crippen LogP) is 1.45. The van der Waals surface area contributed by atoms with E-state index in [1.54, 1.807) is 0 Å². The molecule has 0 bridgehead atoms. The molecule has 0 aliphatic rings. The van der Waals surface area contributed by atoms with Crippen LogP contribution in [0.15, 0.2) is 48.5 Å². The molecule has 0 unspecified atom stereocenters. The molecule has 0 aliphatic carbocycles. The summed E-state index contributed by atoms with van der Waals surface area (Å²) in [7, 11) is -3.92. The van der Waals surface area contributed by atoms with Crippen molar-refractivity contribution in [2.75, 3.05) is 6.26 Å². The molecule has 0 fully saturated rings. The van der Waals surface area contributed by atoms with Crippen molar-refractivity contribution in [1.29, 1.82) is 0 Å². The van der Waals surface area contributed by atoms with Gasteiger partial charge < -0.3 is 4.55 Å². The Labute approximate surface area is 151 Å². The van der Waals surface area contributed by atoms with Gasteiger partial charge in [0.2, 0.25) is 0 Å². The largest absolute Gasteiger partial charge is 1.00 e. The van der Waals surface area contributed by atoms with E-state index in [1.807, 2.05) is 13.8 Å². The maximum Gasteiger partial charge on any atom is 1.00 e. The maximum absolute atomic E-state index is 9.08. The van der Waals surface area contributed by atoms with Crippen LogP contribution >= 0.6 is 0 Å². The third-order valence-corrected chi connectivity index (χ3v) is 1.66. The third-order valence-electron chi connectivity index (χ3n) is 1.66. The molecule has 2 aromatic carbocycles. The summed E-state index contributed by atoms with van der Waals surface area (Å²) in [4.78, 5) is 0. The van der Waals surface area contributed by atoms with Crippen LogP contribution in [0.2, 0.25) is 0 Å². The SMILES string of the molecule is CC.CCC.CS(=O)(=O)[O-].[Na+].c1ccc2ccccc2c1. The minimum atomic E-state index is -3.92. The van der Waals surface area contributed by atoms with E-state index in [9.17, 15) is 0 Å². The molecule has 0 atom stereocenters. The van der Waals surface area contributed by atoms with Crippen LogP contribution in [0.5, 0.6) is 0 Å². The standard InChI is InChI=1S/C10H8.C3H8.C2H6.CH4O3S.Na/c1-2-6-10-8-4-3-7-9(10)5-1;1-3-2;1-2;1-5(2,3)4;/h1-8H;3H2,1-2H3;1-2H3;1H3,(H,2,3,4);/q;;;;+1/p-1. The van der Waals surface area contributed by atoms with Crippen molar-refractivity contribution in [3.05, 3.63) is 48.5 Å². The van der Waals surface area contributed by atoms with Gasteiger partial charge in [-0.05, 0) is 10.8 Å². The van der Waals surface area contributed by atoms with Crippen LogP contribution in [0, 0.1) is 0 Å². The Bertz CT molecular complexity index is 481. The van der Waals surface area contributed by atoms with Crippen molar-refractivity contribution >= 4 is 20.9 Å². The fourth-order valence-electron chi connectivity index (χ4n) is 1.13. The van der Waals surface area contributed by atoms with Crippen molar-refractivity contribution < 1.29 is 42.5 Å². The summed E-state index contributed by atoms with van der Waals surface area (Å²) in [6.07, 6.45) is 1.85. The summed E-state index contributed by atoms with van der Waals surface area (Å²) in [5.41, 5.74) is 0. The molecule has 0 aliphatic heterocycles. The van der Waals surface area contributed by atoms with E-state index in [0.717, 1.165) is 0 Å². The quantitative estimate of drug-likeness (QED) is 0.545. The first-order valence-corrected chi connectivity index (χ1v) is 8.54. The van der Waals surface area contributed by atoms with E-state index >= 15 is 0 Å². The van der Waals surface area contributed by atoms with Crippen LogP contribution in [-0.4, -0.2) is 19.2 Å². The van der Waals surface area contributed by atoms with Gasteiger partial charge in [0.05, 0.1) is 10.1 Å². The van der Waals surface area contributed by atoms with Crippen molar-refractivity contribution in [3.8, 4) is 0 Å². The molecule has 3 nitrogen and oxygen atoms in total. The molecule has 0 heterocycles. The van der Waals surface area contributed by atoms with E-state index in [-0.39, 0.29) is 29.6 Å². The van der Waals surface area contributed by atoms with Gasteiger partial charge in [0.1, 0.15) is 0 Å². The molecule has 0 aromatic heterocycles. The smallest absolute Gasteiger partial charge is 0.748 e. The van der Waals surface area contributed by atoms with Crippen LogP contribution in [0.3, 0.4) is 0 Å². The van der Waals surface area contributed by atoms with Gasteiger partial charge in [-0.2, -0.15) is 0 Å². The fourth-order valence-corrected chi connectivity index (χ4v) is 1.13. The van der Waals surface area contributed by atoms with Crippen LogP contribution in [0.4, 0.5) is 0 Å². The van der Waals surface area contributed by atoms with E-state index in [4.69, 9.17) is 13.0 Å². The van der Waals surface area contributed by atoms with Crippen molar-refractivity contribution in [1.82, 2.24) is 0 Å². The fraction of sp³-hybridized carbons (Fsp3) is 0.375. The van der Waals surface area contributed by atoms with E-state index in [2.05, 4.69) is 62.4 Å². The van der Waals surface area contributed by atoms with E-state index < -0.39 is 10.1 Å². The number of benzene rings is 2. The predicted molar refractivity (Wildman–Crippen MR) is 86.9 cm³/mol. The zero-order chi connectivity index (χ0) is 16.0. The molecule has 0 saturated heterocycles. The molecule has 0 N–H and O–H groups in total. The molecule has 114 valence electrons. The van der Waals surface area contributed by atoms with Crippen LogP contribution in [0.25, 0.3) is 10.8 Å². The second kappa shape index (κ2) is 16.0. The van der Waals surface area contributed by atoms with Gasteiger partial charge in [-0.15, -0.1) is 0 Å². The minimum absolute atomic E-state index is 0. The summed E-state index contributed by atoms with van der Waals surface area (Å²) in [5.74, 6) is 0. The Balaban J connectivity index is -0.000000254. The Morgan fingerprint density at radius 1 is 0.857 bits per heavy atom. The number of fused-ring (bicyclic) bond motifs is 1. The van der Waals surface area contributed by atoms with Gasteiger partial charge in [-0.3, -0.25) is 0 Å². The summed E-state index contributed by atoms with van der Waals surface area (Å²) in [6.45, 7) is 8.25. The van der Waals surface area contributed by atoms with Crippen LogP contribution in [-0.2, 0) is 10.1 Å². The Kier molecular flexibility index (Phi) is 19.5. The third kappa shape index (κ3) is 19.6. The Morgan fingerprint density at radius 2 is 1.00 bits per heavy atom. The average Bonchev–Trinajstić information content (AvgIpc) is 2.40. The summed E-state index contributed by atoms with van der Waals surface area (Å²) >= 11 is 0. The number of hydrogen-bond acceptors (Lipinski definition) is 3. The summed E-state index contributed by atoms with van der Waals surface area (Å²) in [6, 6.07) is 16.7. The van der Waals surface area contributed by atoms with Crippen molar-refractivity contribution in [3.63, 3.8) is 0 Å². The van der Waals surface area contributed by atoms with E-state index in [1.165, 1.54) is 17.2 Å². The van der Waals surface area contributed by atoms with Crippen LogP contribution < -0.4 is 29.6 Å². The van der Waals surface area contributed by atoms with Crippen molar-refractivity contribution in [2.45, 2.75) is 34.1 Å². The molecular weight excluding hydrogens is 295 g/mol. The van der Waals surface area contributed by atoms with Crippen molar-refractivity contribution in [2.24, 2.45) is 0 Å². The van der Waals surface area contributed by atoms with Gasteiger partial charge in [0, 0.05) is 6.26 Å². The normalized spacial score (nSPS) is 8.67.